The molecule has 3 nitrogen and oxygen atoms in total. The van der Waals surface area contributed by atoms with E-state index >= 15 is 0 Å². The number of carbonyl (C=O) groups is 2. The predicted molar refractivity (Wildman–Crippen MR) is 106 cm³/mol. The first kappa shape index (κ1) is 21.5. The molecule has 30 heavy (non-hydrogen) atoms. The molecule has 6 heteroatoms. The van der Waals surface area contributed by atoms with E-state index in [4.69, 9.17) is 4.74 Å². The van der Waals surface area contributed by atoms with Gasteiger partial charge in [0.05, 0.1) is 0 Å². The lowest BCUT2D eigenvalue weighted by Gasteiger charge is -2.41. The molecule has 1 atom stereocenters. The largest absolute Gasteiger partial charge is 0.428 e. The summed E-state index contributed by atoms with van der Waals surface area (Å²) in [5.74, 6) is -0.689. The van der Waals surface area contributed by atoms with Crippen molar-refractivity contribution in [2.24, 2.45) is 0 Å². The van der Waals surface area contributed by atoms with E-state index in [1.54, 1.807) is 36.4 Å². The molecule has 1 unspecified atom stereocenters. The molecule has 3 rings (SSSR count). The summed E-state index contributed by atoms with van der Waals surface area (Å²) in [6, 6.07) is 22.3. The van der Waals surface area contributed by atoms with Gasteiger partial charge in [0.25, 0.3) is 0 Å². The summed E-state index contributed by atoms with van der Waals surface area (Å²) < 4.78 is 49.0. The first-order valence-electron chi connectivity index (χ1n) is 9.19. The van der Waals surface area contributed by atoms with Gasteiger partial charge in [0.1, 0.15) is 0 Å². The highest BCUT2D eigenvalue weighted by atomic mass is 19.4. The number of hydrogen-bond donors (Lipinski definition) is 0. The van der Waals surface area contributed by atoms with E-state index in [9.17, 15) is 22.8 Å². The highest BCUT2D eigenvalue weighted by molar-refractivity contribution is 5.90. The maximum absolute atomic E-state index is 14.4. The maximum Gasteiger partial charge on any atom is 0.428 e. The molecule has 0 radical (unpaired) electrons. The van der Waals surface area contributed by atoms with Crippen molar-refractivity contribution in [3.8, 4) is 0 Å². The van der Waals surface area contributed by atoms with Crippen molar-refractivity contribution < 1.29 is 27.5 Å². The molecule has 0 aliphatic heterocycles. The quantitative estimate of drug-likeness (QED) is 0.502. The van der Waals surface area contributed by atoms with Crippen molar-refractivity contribution in [3.63, 3.8) is 0 Å². The molecule has 0 bridgehead atoms. The number of rotatable bonds is 7. The number of ether oxygens (including phenoxy) is 1. The first-order chi connectivity index (χ1) is 14.3. The smallest absolute Gasteiger partial charge is 0.330 e. The molecule has 0 fully saturated rings. The average Bonchev–Trinajstić information content (AvgIpc) is 2.76. The molecule has 0 aliphatic carbocycles. The van der Waals surface area contributed by atoms with E-state index in [-0.39, 0.29) is 17.4 Å². The zero-order valence-electron chi connectivity index (χ0n) is 16.1. The molecule has 154 valence electrons. The molecule has 3 aromatic rings. The minimum atomic E-state index is -5.12. The molecule has 0 amide bonds. The Labute approximate surface area is 172 Å². The van der Waals surface area contributed by atoms with Crippen molar-refractivity contribution in [1.29, 1.82) is 0 Å². The van der Waals surface area contributed by atoms with E-state index in [0.29, 0.717) is 0 Å². The number of benzene rings is 3. The van der Waals surface area contributed by atoms with Gasteiger partial charge < -0.3 is 4.74 Å². The molecule has 0 N–H and O–H groups in total. The molecular formula is C24H19F3O3. The van der Waals surface area contributed by atoms with Crippen LogP contribution in [0.5, 0.6) is 0 Å². The SMILES string of the molecule is CC(=O)C(OC(C=O)(c1ccccc1)C(F)(F)F)(c1ccccc1)c1ccccc1. The molecular weight excluding hydrogens is 393 g/mol. The summed E-state index contributed by atoms with van der Waals surface area (Å²) >= 11 is 0. The van der Waals surface area contributed by atoms with Gasteiger partial charge in [0.15, 0.2) is 17.7 Å². The van der Waals surface area contributed by atoms with Crippen LogP contribution in [-0.4, -0.2) is 18.2 Å². The van der Waals surface area contributed by atoms with Gasteiger partial charge in [0.2, 0.25) is 5.60 Å². The lowest BCUT2D eigenvalue weighted by atomic mass is 9.81. The van der Waals surface area contributed by atoms with Crippen LogP contribution in [0, 0.1) is 0 Å². The van der Waals surface area contributed by atoms with Crippen LogP contribution >= 0.6 is 0 Å². The molecule has 0 saturated carbocycles. The number of Topliss-reactive ketones (excluding diaryl/α,β-unsaturated/α-hetero) is 1. The third-order valence-electron chi connectivity index (χ3n) is 4.96. The lowest BCUT2D eigenvalue weighted by Crippen LogP contribution is -2.54. The van der Waals surface area contributed by atoms with Crippen molar-refractivity contribution in [2.75, 3.05) is 0 Å². The zero-order valence-corrected chi connectivity index (χ0v) is 16.1. The normalized spacial score (nSPS) is 14.0. The molecule has 0 heterocycles. The fourth-order valence-electron chi connectivity index (χ4n) is 3.48. The van der Waals surface area contributed by atoms with Crippen LogP contribution < -0.4 is 0 Å². The molecule has 0 saturated heterocycles. The van der Waals surface area contributed by atoms with Crippen molar-refractivity contribution in [1.82, 2.24) is 0 Å². The standard InChI is InChI=1S/C24H19F3O3/c1-18(29)23(20-13-7-3-8-14-20,21-15-9-4-10-16-21)30-22(17-28,24(25,26)27)19-11-5-2-6-12-19/h2-17H,1H3. The highest BCUT2D eigenvalue weighted by Crippen LogP contribution is 2.48. The second kappa shape index (κ2) is 8.24. The predicted octanol–water partition coefficient (Wildman–Crippen LogP) is 5.19. The van der Waals surface area contributed by atoms with E-state index in [2.05, 4.69) is 0 Å². The van der Waals surface area contributed by atoms with Crippen molar-refractivity contribution in [2.45, 2.75) is 24.3 Å². The summed E-state index contributed by atoms with van der Waals surface area (Å²) in [4.78, 5) is 25.1. The Morgan fingerprint density at radius 1 is 0.733 bits per heavy atom. The number of halogens is 3. The summed E-state index contributed by atoms with van der Waals surface area (Å²) in [6.45, 7) is 1.15. The lowest BCUT2D eigenvalue weighted by molar-refractivity contribution is -0.289. The Kier molecular flexibility index (Phi) is 5.89. The number of ketones is 1. The van der Waals surface area contributed by atoms with Crippen LogP contribution in [0.1, 0.15) is 23.6 Å². The van der Waals surface area contributed by atoms with Gasteiger partial charge in [-0.1, -0.05) is 91.0 Å². The van der Waals surface area contributed by atoms with Crippen LogP contribution in [0.3, 0.4) is 0 Å². The van der Waals surface area contributed by atoms with E-state index < -0.39 is 28.7 Å². The fraction of sp³-hybridized carbons (Fsp3) is 0.167. The van der Waals surface area contributed by atoms with Crippen molar-refractivity contribution in [3.05, 3.63) is 108 Å². The van der Waals surface area contributed by atoms with Gasteiger partial charge in [-0.25, -0.2) is 0 Å². The molecule has 3 aromatic carbocycles. The Morgan fingerprint density at radius 2 is 1.10 bits per heavy atom. The number of aldehydes is 1. The number of hydrogen-bond acceptors (Lipinski definition) is 3. The summed E-state index contributed by atoms with van der Waals surface area (Å²) in [7, 11) is 0. The van der Waals surface area contributed by atoms with Crippen LogP contribution in [-0.2, 0) is 25.5 Å². The van der Waals surface area contributed by atoms with Gasteiger partial charge in [0, 0.05) is 5.56 Å². The zero-order chi connectivity index (χ0) is 21.8. The summed E-state index contributed by atoms with van der Waals surface area (Å²) in [5, 5.41) is 0. The van der Waals surface area contributed by atoms with Crippen LogP contribution in [0.25, 0.3) is 0 Å². The number of carbonyl (C=O) groups excluding carboxylic acids is 2. The van der Waals surface area contributed by atoms with E-state index in [1.165, 1.54) is 42.5 Å². The van der Waals surface area contributed by atoms with Gasteiger partial charge in [-0.05, 0) is 18.1 Å². The average molecular weight is 412 g/mol. The summed E-state index contributed by atoms with van der Waals surface area (Å²) in [5.41, 5.74) is -5.55. The molecule has 0 aliphatic rings. The van der Waals surface area contributed by atoms with Crippen molar-refractivity contribution >= 4 is 12.1 Å². The Hall–Kier alpha value is -3.25. The number of alkyl halides is 3. The van der Waals surface area contributed by atoms with Gasteiger partial charge in [-0.2, -0.15) is 13.2 Å². The molecule has 0 aromatic heterocycles. The minimum Gasteiger partial charge on any atom is -0.330 e. The fourth-order valence-corrected chi connectivity index (χ4v) is 3.48. The van der Waals surface area contributed by atoms with Gasteiger partial charge in [-0.3, -0.25) is 9.59 Å². The second-order valence-electron chi connectivity index (χ2n) is 6.79. The van der Waals surface area contributed by atoms with Crippen LogP contribution in [0.4, 0.5) is 13.2 Å². The highest BCUT2D eigenvalue weighted by Gasteiger charge is 2.62. The third kappa shape index (κ3) is 3.55. The van der Waals surface area contributed by atoms with Crippen LogP contribution in [0.15, 0.2) is 91.0 Å². The Morgan fingerprint density at radius 3 is 1.40 bits per heavy atom. The second-order valence-corrected chi connectivity index (χ2v) is 6.79. The topological polar surface area (TPSA) is 43.4 Å². The van der Waals surface area contributed by atoms with E-state index in [0.717, 1.165) is 19.1 Å². The monoisotopic (exact) mass is 412 g/mol. The third-order valence-corrected chi connectivity index (χ3v) is 4.96. The van der Waals surface area contributed by atoms with Crippen LogP contribution in [0.2, 0.25) is 0 Å². The first-order valence-corrected chi connectivity index (χ1v) is 9.19. The minimum absolute atomic E-state index is 0.190. The van der Waals surface area contributed by atoms with Gasteiger partial charge >= 0.3 is 6.18 Å². The molecule has 0 spiro atoms. The maximum atomic E-state index is 14.4. The summed E-state index contributed by atoms with van der Waals surface area (Å²) in [6.07, 6.45) is -5.41. The Balaban J connectivity index is 2.36. The van der Waals surface area contributed by atoms with Gasteiger partial charge in [-0.15, -0.1) is 0 Å². The Bertz CT molecular complexity index is 963. The van der Waals surface area contributed by atoms with E-state index in [1.807, 2.05) is 0 Å².